The minimum absolute atomic E-state index is 0.612. The predicted molar refractivity (Wildman–Crippen MR) is 58.2 cm³/mol. The molecule has 1 aromatic rings. The molecule has 0 aliphatic rings. The SMILES string of the molecule is CCC(C)c1nc(CN(C)C)cs1. The first-order valence-corrected chi connectivity index (χ1v) is 5.60. The fourth-order valence-electron chi connectivity index (χ4n) is 1.12. The molecule has 74 valence electrons. The van der Waals surface area contributed by atoms with E-state index in [1.165, 1.54) is 17.1 Å². The van der Waals surface area contributed by atoms with Crippen LogP contribution >= 0.6 is 11.3 Å². The summed E-state index contributed by atoms with van der Waals surface area (Å²) >= 11 is 1.79. The monoisotopic (exact) mass is 198 g/mol. The van der Waals surface area contributed by atoms with E-state index in [-0.39, 0.29) is 0 Å². The molecule has 0 aliphatic heterocycles. The van der Waals surface area contributed by atoms with Gasteiger partial charge in [-0.2, -0.15) is 0 Å². The molecule has 0 bridgehead atoms. The molecule has 2 nitrogen and oxygen atoms in total. The third-order valence-electron chi connectivity index (χ3n) is 2.08. The molecule has 1 atom stereocenters. The molecule has 0 fully saturated rings. The lowest BCUT2D eigenvalue weighted by Gasteiger charge is -2.06. The van der Waals surface area contributed by atoms with Crippen molar-refractivity contribution in [1.29, 1.82) is 0 Å². The van der Waals surface area contributed by atoms with Crippen LogP contribution in [0.5, 0.6) is 0 Å². The largest absolute Gasteiger partial charge is 0.304 e. The summed E-state index contributed by atoms with van der Waals surface area (Å²) in [5.74, 6) is 0.612. The van der Waals surface area contributed by atoms with Crippen molar-refractivity contribution in [3.8, 4) is 0 Å². The van der Waals surface area contributed by atoms with Crippen LogP contribution in [-0.4, -0.2) is 24.0 Å². The van der Waals surface area contributed by atoms with Crippen molar-refractivity contribution in [1.82, 2.24) is 9.88 Å². The fourth-order valence-corrected chi connectivity index (χ4v) is 2.07. The van der Waals surface area contributed by atoms with Crippen LogP contribution in [0.1, 0.15) is 36.9 Å². The Kier molecular flexibility index (Phi) is 3.88. The van der Waals surface area contributed by atoms with Gasteiger partial charge in [-0.1, -0.05) is 13.8 Å². The van der Waals surface area contributed by atoms with Gasteiger partial charge in [-0.05, 0) is 20.5 Å². The fraction of sp³-hybridized carbons (Fsp3) is 0.700. The van der Waals surface area contributed by atoms with E-state index in [1.54, 1.807) is 11.3 Å². The standard InChI is InChI=1S/C10H18N2S/c1-5-8(2)10-11-9(7-13-10)6-12(3)4/h7-8H,5-6H2,1-4H3. The smallest absolute Gasteiger partial charge is 0.0956 e. The first-order chi connectivity index (χ1) is 6.13. The third-order valence-corrected chi connectivity index (χ3v) is 3.21. The predicted octanol–water partition coefficient (Wildman–Crippen LogP) is 2.72. The molecule has 3 heteroatoms. The van der Waals surface area contributed by atoms with Crippen LogP contribution in [0.15, 0.2) is 5.38 Å². The lowest BCUT2D eigenvalue weighted by Crippen LogP contribution is -2.10. The minimum Gasteiger partial charge on any atom is -0.304 e. The summed E-state index contributed by atoms with van der Waals surface area (Å²) in [4.78, 5) is 6.75. The Morgan fingerprint density at radius 3 is 2.77 bits per heavy atom. The van der Waals surface area contributed by atoms with Crippen molar-refractivity contribution >= 4 is 11.3 Å². The van der Waals surface area contributed by atoms with Crippen molar-refractivity contribution in [3.05, 3.63) is 16.1 Å². The Morgan fingerprint density at radius 2 is 2.23 bits per heavy atom. The Balaban J connectivity index is 2.63. The van der Waals surface area contributed by atoms with Gasteiger partial charge in [0.15, 0.2) is 0 Å². The number of nitrogens with zero attached hydrogens (tertiary/aromatic N) is 2. The number of thiazole rings is 1. The summed E-state index contributed by atoms with van der Waals surface area (Å²) in [5, 5.41) is 3.45. The van der Waals surface area contributed by atoms with Crippen LogP contribution in [-0.2, 0) is 6.54 Å². The summed E-state index contributed by atoms with van der Waals surface area (Å²) in [5.41, 5.74) is 1.20. The summed E-state index contributed by atoms with van der Waals surface area (Å²) in [6, 6.07) is 0. The summed E-state index contributed by atoms with van der Waals surface area (Å²) < 4.78 is 0. The second kappa shape index (κ2) is 4.72. The molecule has 0 aliphatic carbocycles. The second-order valence-electron chi connectivity index (χ2n) is 3.72. The summed E-state index contributed by atoms with van der Waals surface area (Å²) in [6.45, 7) is 5.39. The van der Waals surface area contributed by atoms with Crippen LogP contribution in [0.25, 0.3) is 0 Å². The Morgan fingerprint density at radius 1 is 1.54 bits per heavy atom. The topological polar surface area (TPSA) is 16.1 Å². The second-order valence-corrected chi connectivity index (χ2v) is 4.61. The first kappa shape index (κ1) is 10.7. The van der Waals surface area contributed by atoms with E-state index in [1.807, 2.05) is 0 Å². The number of hydrogen-bond donors (Lipinski definition) is 0. The Bertz CT molecular complexity index is 255. The van der Waals surface area contributed by atoms with E-state index in [4.69, 9.17) is 0 Å². The third kappa shape index (κ3) is 3.08. The van der Waals surface area contributed by atoms with Crippen molar-refractivity contribution in [2.75, 3.05) is 14.1 Å². The zero-order chi connectivity index (χ0) is 9.84. The van der Waals surface area contributed by atoms with Crippen molar-refractivity contribution in [2.45, 2.75) is 32.7 Å². The van der Waals surface area contributed by atoms with Gasteiger partial charge in [-0.15, -0.1) is 11.3 Å². The molecule has 0 radical (unpaired) electrons. The normalized spacial score (nSPS) is 13.6. The molecule has 0 saturated carbocycles. The average Bonchev–Trinajstić information content (AvgIpc) is 2.50. The Hall–Kier alpha value is -0.410. The highest BCUT2D eigenvalue weighted by Crippen LogP contribution is 2.22. The van der Waals surface area contributed by atoms with E-state index in [0.29, 0.717) is 5.92 Å². The number of rotatable bonds is 4. The first-order valence-electron chi connectivity index (χ1n) is 4.72. The number of aromatic nitrogens is 1. The van der Waals surface area contributed by atoms with Gasteiger partial charge in [0.2, 0.25) is 0 Å². The molecule has 1 heterocycles. The molecular weight excluding hydrogens is 180 g/mol. The van der Waals surface area contributed by atoms with E-state index < -0.39 is 0 Å². The van der Waals surface area contributed by atoms with Gasteiger partial charge < -0.3 is 4.90 Å². The lowest BCUT2D eigenvalue weighted by atomic mass is 10.1. The van der Waals surface area contributed by atoms with E-state index in [9.17, 15) is 0 Å². The highest BCUT2D eigenvalue weighted by atomic mass is 32.1. The minimum atomic E-state index is 0.612. The zero-order valence-electron chi connectivity index (χ0n) is 8.87. The zero-order valence-corrected chi connectivity index (χ0v) is 9.69. The molecule has 1 unspecified atom stereocenters. The lowest BCUT2D eigenvalue weighted by molar-refractivity contribution is 0.397. The molecular formula is C10H18N2S. The van der Waals surface area contributed by atoms with Gasteiger partial charge in [0.05, 0.1) is 10.7 Å². The summed E-state index contributed by atoms with van der Waals surface area (Å²) in [6.07, 6.45) is 1.18. The van der Waals surface area contributed by atoms with Gasteiger partial charge in [-0.25, -0.2) is 4.98 Å². The van der Waals surface area contributed by atoms with Gasteiger partial charge in [0.1, 0.15) is 0 Å². The van der Waals surface area contributed by atoms with Crippen LogP contribution in [0.3, 0.4) is 0 Å². The van der Waals surface area contributed by atoms with Gasteiger partial charge >= 0.3 is 0 Å². The van der Waals surface area contributed by atoms with Gasteiger partial charge in [0, 0.05) is 17.8 Å². The van der Waals surface area contributed by atoms with Crippen LogP contribution in [0.4, 0.5) is 0 Å². The average molecular weight is 198 g/mol. The molecule has 0 aromatic carbocycles. The highest BCUT2D eigenvalue weighted by molar-refractivity contribution is 7.09. The van der Waals surface area contributed by atoms with E-state index >= 15 is 0 Å². The van der Waals surface area contributed by atoms with Crippen LogP contribution in [0, 0.1) is 0 Å². The maximum Gasteiger partial charge on any atom is 0.0956 e. The molecule has 1 aromatic heterocycles. The van der Waals surface area contributed by atoms with Crippen LogP contribution in [0.2, 0.25) is 0 Å². The summed E-state index contributed by atoms with van der Waals surface area (Å²) in [7, 11) is 4.14. The molecule has 0 saturated heterocycles. The molecule has 1 rings (SSSR count). The van der Waals surface area contributed by atoms with Crippen LogP contribution < -0.4 is 0 Å². The number of hydrogen-bond acceptors (Lipinski definition) is 3. The van der Waals surface area contributed by atoms with E-state index in [0.717, 1.165) is 6.54 Å². The van der Waals surface area contributed by atoms with E-state index in [2.05, 4.69) is 43.2 Å². The molecule has 0 spiro atoms. The molecule has 13 heavy (non-hydrogen) atoms. The van der Waals surface area contributed by atoms with Crippen molar-refractivity contribution in [2.24, 2.45) is 0 Å². The molecule has 0 N–H and O–H groups in total. The quantitative estimate of drug-likeness (QED) is 0.739. The highest BCUT2D eigenvalue weighted by Gasteiger charge is 2.08. The van der Waals surface area contributed by atoms with Gasteiger partial charge in [-0.3, -0.25) is 0 Å². The maximum absolute atomic E-state index is 4.60. The Labute approximate surface area is 84.6 Å². The van der Waals surface area contributed by atoms with Crippen molar-refractivity contribution < 1.29 is 0 Å². The molecule has 0 amide bonds. The maximum atomic E-state index is 4.60. The van der Waals surface area contributed by atoms with Crippen molar-refractivity contribution in [3.63, 3.8) is 0 Å². The van der Waals surface area contributed by atoms with Gasteiger partial charge in [0.25, 0.3) is 0 Å².